The number of ether oxygens (including phenoxy) is 1. The summed E-state index contributed by atoms with van der Waals surface area (Å²) >= 11 is 0. The lowest BCUT2D eigenvalue weighted by Gasteiger charge is -2.23. The fourth-order valence-corrected chi connectivity index (χ4v) is 3.29. The summed E-state index contributed by atoms with van der Waals surface area (Å²) in [5.41, 5.74) is 0. The van der Waals surface area contributed by atoms with E-state index >= 15 is 0 Å². The maximum atomic E-state index is 6.18. The second-order valence-electron chi connectivity index (χ2n) is 7.18. The largest absolute Gasteiger partial charge is 0.372 e. The summed E-state index contributed by atoms with van der Waals surface area (Å²) in [6, 6.07) is 0.736. The number of nitrogens with one attached hydrogen (secondary N) is 1. The molecule has 0 aromatic carbocycles. The van der Waals surface area contributed by atoms with Crippen molar-refractivity contribution < 1.29 is 4.74 Å². The van der Waals surface area contributed by atoms with Gasteiger partial charge in [0, 0.05) is 25.7 Å². The first kappa shape index (κ1) is 16.2. The number of likely N-dealkylation sites (N-methyl/N-ethyl adjacent to an activating group) is 1. The molecule has 2 aliphatic rings. The Hall–Kier alpha value is -0.160. The Labute approximate surface area is 124 Å². The summed E-state index contributed by atoms with van der Waals surface area (Å²) in [6.07, 6.45) is 4.66. The zero-order valence-electron chi connectivity index (χ0n) is 13.8. The van der Waals surface area contributed by atoms with Crippen molar-refractivity contribution in [3.8, 4) is 0 Å². The van der Waals surface area contributed by atoms with Crippen molar-refractivity contribution >= 4 is 0 Å². The molecule has 2 saturated heterocycles. The normalized spacial score (nSPS) is 31.8. The second kappa shape index (κ2) is 7.74. The fraction of sp³-hybridized carbons (Fsp3) is 1.00. The Kier molecular flexibility index (Phi) is 6.27. The molecule has 3 atom stereocenters. The first-order valence-corrected chi connectivity index (χ1v) is 8.29. The number of hydrogen-bond acceptors (Lipinski definition) is 4. The lowest BCUT2D eigenvalue weighted by molar-refractivity contribution is 0.0264. The Morgan fingerprint density at radius 1 is 1.20 bits per heavy atom. The average Bonchev–Trinajstić information content (AvgIpc) is 2.99. The summed E-state index contributed by atoms with van der Waals surface area (Å²) in [5, 5.41) is 3.52. The number of rotatable bonds is 7. The Balaban J connectivity index is 1.61. The molecule has 0 saturated carbocycles. The standard InChI is InChI=1S/C16H33N3O/c1-13(2)9-17-10-15-5-6-16(20-15)12-19-8-7-14(11-19)18(3)4/h13-17H,5-12H2,1-4H3. The van der Waals surface area contributed by atoms with Crippen LogP contribution in [0.3, 0.4) is 0 Å². The number of hydrogen-bond donors (Lipinski definition) is 1. The van der Waals surface area contributed by atoms with Gasteiger partial charge in [0.05, 0.1) is 12.2 Å². The monoisotopic (exact) mass is 283 g/mol. The van der Waals surface area contributed by atoms with Gasteiger partial charge in [-0.2, -0.15) is 0 Å². The van der Waals surface area contributed by atoms with Crippen molar-refractivity contribution in [2.75, 3.05) is 46.8 Å². The lowest BCUT2D eigenvalue weighted by Crippen LogP contribution is -2.36. The molecule has 1 N–H and O–H groups in total. The molecule has 20 heavy (non-hydrogen) atoms. The van der Waals surface area contributed by atoms with Crippen LogP contribution in [0.1, 0.15) is 33.1 Å². The smallest absolute Gasteiger partial charge is 0.0707 e. The molecule has 4 heteroatoms. The van der Waals surface area contributed by atoms with Gasteiger partial charge >= 0.3 is 0 Å². The molecule has 0 amide bonds. The molecule has 0 bridgehead atoms. The maximum Gasteiger partial charge on any atom is 0.0707 e. The summed E-state index contributed by atoms with van der Waals surface area (Å²) in [5.74, 6) is 0.722. The van der Waals surface area contributed by atoms with Gasteiger partial charge in [0.15, 0.2) is 0 Å². The van der Waals surface area contributed by atoms with Crippen molar-refractivity contribution in [2.45, 2.75) is 51.4 Å². The minimum atomic E-state index is 0.436. The van der Waals surface area contributed by atoms with Crippen molar-refractivity contribution in [3.05, 3.63) is 0 Å². The van der Waals surface area contributed by atoms with Gasteiger partial charge in [-0.05, 0) is 52.4 Å². The molecule has 4 nitrogen and oxygen atoms in total. The topological polar surface area (TPSA) is 27.7 Å². The van der Waals surface area contributed by atoms with Gasteiger partial charge in [0.25, 0.3) is 0 Å². The molecular formula is C16H33N3O. The average molecular weight is 283 g/mol. The Bertz CT molecular complexity index is 283. The SMILES string of the molecule is CC(C)CNCC1CCC(CN2CCC(N(C)C)C2)O1. The molecule has 2 heterocycles. The highest BCUT2D eigenvalue weighted by molar-refractivity contribution is 4.84. The zero-order valence-corrected chi connectivity index (χ0v) is 13.8. The van der Waals surface area contributed by atoms with Crippen molar-refractivity contribution in [3.63, 3.8) is 0 Å². The predicted molar refractivity (Wildman–Crippen MR) is 84.1 cm³/mol. The van der Waals surface area contributed by atoms with Crippen molar-refractivity contribution in [1.82, 2.24) is 15.1 Å². The molecule has 3 unspecified atom stereocenters. The Morgan fingerprint density at radius 2 is 1.95 bits per heavy atom. The van der Waals surface area contributed by atoms with Crippen LogP contribution in [0.25, 0.3) is 0 Å². The van der Waals surface area contributed by atoms with Crippen LogP contribution < -0.4 is 5.32 Å². The molecule has 0 aliphatic carbocycles. The lowest BCUT2D eigenvalue weighted by atomic mass is 10.2. The van der Waals surface area contributed by atoms with Crippen LogP contribution in [0, 0.1) is 5.92 Å². The molecule has 118 valence electrons. The first-order valence-electron chi connectivity index (χ1n) is 8.29. The highest BCUT2D eigenvalue weighted by atomic mass is 16.5. The van der Waals surface area contributed by atoms with E-state index in [4.69, 9.17) is 4.74 Å². The fourth-order valence-electron chi connectivity index (χ4n) is 3.29. The van der Waals surface area contributed by atoms with Crippen LogP contribution in [0.2, 0.25) is 0 Å². The van der Waals surface area contributed by atoms with Gasteiger partial charge in [-0.3, -0.25) is 4.90 Å². The molecule has 0 aromatic rings. The van der Waals surface area contributed by atoms with E-state index in [1.165, 1.54) is 32.4 Å². The van der Waals surface area contributed by atoms with E-state index in [0.29, 0.717) is 12.2 Å². The molecule has 2 aliphatic heterocycles. The predicted octanol–water partition coefficient (Wildman–Crippen LogP) is 1.42. The third kappa shape index (κ3) is 4.99. The van der Waals surface area contributed by atoms with Gasteiger partial charge in [0.2, 0.25) is 0 Å². The summed E-state index contributed by atoms with van der Waals surface area (Å²) in [6.45, 7) is 10.2. The van der Waals surface area contributed by atoms with E-state index in [1.807, 2.05) is 0 Å². The minimum absolute atomic E-state index is 0.436. The van der Waals surface area contributed by atoms with Gasteiger partial charge in [-0.25, -0.2) is 0 Å². The number of likely N-dealkylation sites (tertiary alicyclic amines) is 1. The van der Waals surface area contributed by atoms with Crippen molar-refractivity contribution in [1.29, 1.82) is 0 Å². The van der Waals surface area contributed by atoms with Crippen LogP contribution in [0.15, 0.2) is 0 Å². The summed E-state index contributed by atoms with van der Waals surface area (Å²) in [7, 11) is 4.38. The summed E-state index contributed by atoms with van der Waals surface area (Å²) in [4.78, 5) is 4.94. The molecule has 0 spiro atoms. The highest BCUT2D eigenvalue weighted by Crippen LogP contribution is 2.22. The quantitative estimate of drug-likeness (QED) is 0.765. The third-order valence-electron chi connectivity index (χ3n) is 4.56. The van der Waals surface area contributed by atoms with Crippen LogP contribution in [0.4, 0.5) is 0 Å². The van der Waals surface area contributed by atoms with Gasteiger partial charge < -0.3 is 15.0 Å². The molecule has 0 radical (unpaired) electrons. The summed E-state index contributed by atoms with van der Waals surface area (Å²) < 4.78 is 6.18. The van der Waals surface area contributed by atoms with Gasteiger partial charge in [-0.15, -0.1) is 0 Å². The van der Waals surface area contributed by atoms with Crippen molar-refractivity contribution in [2.24, 2.45) is 5.92 Å². The number of nitrogens with zero attached hydrogens (tertiary/aromatic N) is 2. The van der Waals surface area contributed by atoms with Crippen LogP contribution >= 0.6 is 0 Å². The zero-order chi connectivity index (χ0) is 14.5. The Morgan fingerprint density at radius 3 is 2.60 bits per heavy atom. The van der Waals surface area contributed by atoms with E-state index in [-0.39, 0.29) is 0 Å². The minimum Gasteiger partial charge on any atom is -0.372 e. The molecule has 2 fully saturated rings. The van der Waals surface area contributed by atoms with Crippen LogP contribution in [-0.4, -0.2) is 74.9 Å². The molecular weight excluding hydrogens is 250 g/mol. The second-order valence-corrected chi connectivity index (χ2v) is 7.18. The molecule has 0 aromatic heterocycles. The van der Waals surface area contributed by atoms with Gasteiger partial charge in [0.1, 0.15) is 0 Å². The van der Waals surface area contributed by atoms with Crippen LogP contribution in [0.5, 0.6) is 0 Å². The van der Waals surface area contributed by atoms with E-state index in [2.05, 4.69) is 43.1 Å². The van der Waals surface area contributed by atoms with E-state index in [1.54, 1.807) is 0 Å². The van der Waals surface area contributed by atoms with Gasteiger partial charge in [-0.1, -0.05) is 13.8 Å². The van der Waals surface area contributed by atoms with E-state index in [9.17, 15) is 0 Å². The third-order valence-corrected chi connectivity index (χ3v) is 4.56. The van der Waals surface area contributed by atoms with E-state index < -0.39 is 0 Å². The van der Waals surface area contributed by atoms with Crippen LogP contribution in [-0.2, 0) is 4.74 Å². The highest BCUT2D eigenvalue weighted by Gasteiger charge is 2.30. The first-order chi connectivity index (χ1) is 9.54. The molecule has 2 rings (SSSR count). The van der Waals surface area contributed by atoms with E-state index in [0.717, 1.165) is 31.6 Å². The maximum absolute atomic E-state index is 6.18.